The summed E-state index contributed by atoms with van der Waals surface area (Å²) in [5, 5.41) is 6.41. The van der Waals surface area contributed by atoms with Crippen molar-refractivity contribution in [1.82, 2.24) is 10.6 Å². The molecule has 0 heterocycles. The normalized spacial score (nSPS) is 22.7. The molecular weight excluding hydrogens is 188 g/mol. The van der Waals surface area contributed by atoms with Crippen molar-refractivity contribution in [3.05, 3.63) is 0 Å². The first kappa shape index (κ1) is 12.5. The maximum atomic E-state index is 11.8. The molecule has 15 heavy (non-hydrogen) atoms. The van der Waals surface area contributed by atoms with Gasteiger partial charge in [0.1, 0.15) is 0 Å². The molecule has 1 aliphatic carbocycles. The number of amides is 1. The second-order valence-corrected chi connectivity index (χ2v) is 5.10. The second-order valence-electron chi connectivity index (χ2n) is 5.10. The lowest BCUT2D eigenvalue weighted by molar-refractivity contribution is -0.124. The Morgan fingerprint density at radius 1 is 1.40 bits per heavy atom. The number of carbonyl (C=O) groups excluding carboxylic acids is 1. The van der Waals surface area contributed by atoms with Gasteiger partial charge >= 0.3 is 0 Å². The van der Waals surface area contributed by atoms with Crippen molar-refractivity contribution >= 4 is 5.91 Å². The predicted molar refractivity (Wildman–Crippen MR) is 62.7 cm³/mol. The van der Waals surface area contributed by atoms with Gasteiger partial charge in [0, 0.05) is 11.6 Å². The van der Waals surface area contributed by atoms with Crippen molar-refractivity contribution in [2.75, 3.05) is 0 Å². The maximum Gasteiger partial charge on any atom is 0.237 e. The predicted octanol–water partition coefficient (Wildman–Crippen LogP) is 1.82. The number of hydrogen-bond donors (Lipinski definition) is 2. The van der Waals surface area contributed by atoms with Crippen LogP contribution in [0.4, 0.5) is 0 Å². The topological polar surface area (TPSA) is 41.1 Å². The molecule has 1 fully saturated rings. The molecule has 0 saturated heterocycles. The summed E-state index contributed by atoms with van der Waals surface area (Å²) in [7, 11) is 0. The number of rotatable bonds is 5. The first-order chi connectivity index (χ1) is 6.97. The largest absolute Gasteiger partial charge is 0.352 e. The molecule has 1 rings (SSSR count). The van der Waals surface area contributed by atoms with Crippen molar-refractivity contribution in [3.63, 3.8) is 0 Å². The van der Waals surface area contributed by atoms with Crippen LogP contribution >= 0.6 is 0 Å². The van der Waals surface area contributed by atoms with E-state index < -0.39 is 0 Å². The molecular formula is C12H24N2O. The van der Waals surface area contributed by atoms with E-state index in [1.165, 1.54) is 19.3 Å². The Kier molecular flexibility index (Phi) is 4.14. The van der Waals surface area contributed by atoms with Crippen LogP contribution in [-0.4, -0.2) is 23.5 Å². The SMILES string of the molecule is CCC(C)NC(=O)C(C)NC1(C)CCC1. The summed E-state index contributed by atoms with van der Waals surface area (Å²) in [6.45, 7) is 8.26. The highest BCUT2D eigenvalue weighted by molar-refractivity contribution is 5.81. The molecule has 2 atom stereocenters. The van der Waals surface area contributed by atoms with Crippen molar-refractivity contribution < 1.29 is 4.79 Å². The molecule has 0 aromatic heterocycles. The first-order valence-corrected chi connectivity index (χ1v) is 6.05. The molecule has 1 amide bonds. The van der Waals surface area contributed by atoms with E-state index in [1.54, 1.807) is 0 Å². The van der Waals surface area contributed by atoms with Crippen LogP contribution in [-0.2, 0) is 4.79 Å². The molecule has 2 N–H and O–H groups in total. The van der Waals surface area contributed by atoms with E-state index in [-0.39, 0.29) is 23.5 Å². The zero-order chi connectivity index (χ0) is 11.5. The molecule has 0 aromatic rings. The highest BCUT2D eigenvalue weighted by Gasteiger charge is 2.34. The van der Waals surface area contributed by atoms with E-state index in [2.05, 4.69) is 24.5 Å². The Morgan fingerprint density at radius 2 is 2.00 bits per heavy atom. The summed E-state index contributed by atoms with van der Waals surface area (Å²) in [5.41, 5.74) is 0.201. The van der Waals surface area contributed by atoms with E-state index >= 15 is 0 Å². The number of hydrogen-bond acceptors (Lipinski definition) is 2. The van der Waals surface area contributed by atoms with Crippen LogP contribution in [0.15, 0.2) is 0 Å². The van der Waals surface area contributed by atoms with Gasteiger partial charge in [-0.2, -0.15) is 0 Å². The van der Waals surface area contributed by atoms with E-state index in [0.717, 1.165) is 6.42 Å². The standard InChI is InChI=1S/C12H24N2O/c1-5-9(2)13-11(15)10(3)14-12(4)7-6-8-12/h9-10,14H,5-8H2,1-4H3,(H,13,15). The van der Waals surface area contributed by atoms with E-state index in [1.807, 2.05) is 13.8 Å². The van der Waals surface area contributed by atoms with Gasteiger partial charge in [0.2, 0.25) is 5.91 Å². The molecule has 0 aromatic carbocycles. The smallest absolute Gasteiger partial charge is 0.237 e. The van der Waals surface area contributed by atoms with E-state index in [0.29, 0.717) is 0 Å². The second kappa shape index (κ2) is 4.97. The van der Waals surface area contributed by atoms with Crippen LogP contribution < -0.4 is 10.6 Å². The lowest BCUT2D eigenvalue weighted by Crippen LogP contribution is -2.56. The summed E-state index contributed by atoms with van der Waals surface area (Å²) in [6.07, 6.45) is 4.64. The summed E-state index contributed by atoms with van der Waals surface area (Å²) < 4.78 is 0. The minimum absolute atomic E-state index is 0.0794. The van der Waals surface area contributed by atoms with Crippen LogP contribution in [0.3, 0.4) is 0 Å². The van der Waals surface area contributed by atoms with Gasteiger partial charge < -0.3 is 10.6 Å². The Labute approximate surface area is 93.0 Å². The monoisotopic (exact) mass is 212 g/mol. The summed E-state index contributed by atoms with van der Waals surface area (Å²) in [4.78, 5) is 11.8. The van der Waals surface area contributed by atoms with Crippen LogP contribution in [0.5, 0.6) is 0 Å². The Bertz CT molecular complexity index is 224. The minimum Gasteiger partial charge on any atom is -0.352 e. The summed E-state index contributed by atoms with van der Waals surface area (Å²) >= 11 is 0. The average Bonchev–Trinajstić information content (AvgIpc) is 2.14. The lowest BCUT2D eigenvalue weighted by atomic mass is 9.78. The first-order valence-electron chi connectivity index (χ1n) is 6.05. The number of nitrogens with one attached hydrogen (secondary N) is 2. The van der Waals surface area contributed by atoms with Crippen molar-refractivity contribution in [1.29, 1.82) is 0 Å². The van der Waals surface area contributed by atoms with Gasteiger partial charge in [0.05, 0.1) is 6.04 Å². The van der Waals surface area contributed by atoms with Gasteiger partial charge in [-0.25, -0.2) is 0 Å². The third-order valence-corrected chi connectivity index (χ3v) is 3.42. The third kappa shape index (κ3) is 3.49. The fraction of sp³-hybridized carbons (Fsp3) is 0.917. The van der Waals surface area contributed by atoms with Gasteiger partial charge in [0.15, 0.2) is 0 Å². The highest BCUT2D eigenvalue weighted by atomic mass is 16.2. The average molecular weight is 212 g/mol. The summed E-state index contributed by atoms with van der Waals surface area (Å²) in [6, 6.07) is 0.195. The molecule has 0 radical (unpaired) electrons. The quantitative estimate of drug-likeness (QED) is 0.730. The molecule has 1 aliphatic rings. The zero-order valence-corrected chi connectivity index (χ0v) is 10.4. The van der Waals surface area contributed by atoms with Crippen molar-refractivity contribution in [2.45, 2.75) is 71.0 Å². The Hall–Kier alpha value is -0.570. The lowest BCUT2D eigenvalue weighted by Gasteiger charge is -2.41. The van der Waals surface area contributed by atoms with Gasteiger partial charge in [-0.15, -0.1) is 0 Å². The third-order valence-electron chi connectivity index (χ3n) is 3.42. The molecule has 3 heteroatoms. The van der Waals surface area contributed by atoms with Crippen LogP contribution in [0.25, 0.3) is 0 Å². The fourth-order valence-electron chi connectivity index (χ4n) is 1.91. The van der Waals surface area contributed by atoms with Gasteiger partial charge in [-0.1, -0.05) is 6.92 Å². The van der Waals surface area contributed by atoms with Crippen LogP contribution in [0, 0.1) is 0 Å². The van der Waals surface area contributed by atoms with Crippen LogP contribution in [0.2, 0.25) is 0 Å². The molecule has 1 saturated carbocycles. The minimum atomic E-state index is -0.0794. The molecule has 0 spiro atoms. The summed E-state index contributed by atoms with van der Waals surface area (Å²) in [5.74, 6) is 0.123. The Morgan fingerprint density at radius 3 is 2.40 bits per heavy atom. The fourth-order valence-corrected chi connectivity index (χ4v) is 1.91. The highest BCUT2D eigenvalue weighted by Crippen LogP contribution is 2.31. The zero-order valence-electron chi connectivity index (χ0n) is 10.4. The molecule has 88 valence electrons. The van der Waals surface area contributed by atoms with Gasteiger partial charge in [-0.3, -0.25) is 4.79 Å². The number of carbonyl (C=O) groups is 1. The molecule has 0 aliphatic heterocycles. The molecule has 2 unspecified atom stereocenters. The van der Waals surface area contributed by atoms with E-state index in [9.17, 15) is 4.79 Å². The molecule has 3 nitrogen and oxygen atoms in total. The molecule has 0 bridgehead atoms. The van der Waals surface area contributed by atoms with Crippen molar-refractivity contribution in [2.24, 2.45) is 0 Å². The Balaban J connectivity index is 2.32. The maximum absolute atomic E-state index is 11.8. The van der Waals surface area contributed by atoms with E-state index in [4.69, 9.17) is 0 Å². The van der Waals surface area contributed by atoms with Crippen LogP contribution in [0.1, 0.15) is 53.4 Å². The van der Waals surface area contributed by atoms with Gasteiger partial charge in [-0.05, 0) is 46.5 Å². The van der Waals surface area contributed by atoms with Crippen molar-refractivity contribution in [3.8, 4) is 0 Å². The van der Waals surface area contributed by atoms with Gasteiger partial charge in [0.25, 0.3) is 0 Å².